The normalized spacial score (nSPS) is 14.4. The lowest BCUT2D eigenvalue weighted by molar-refractivity contribution is -0.385. The fraction of sp³-hybridized carbons (Fsp3) is 0.250. The summed E-state index contributed by atoms with van der Waals surface area (Å²) in [4.78, 5) is 18.8. The average Bonchev–Trinajstić information content (AvgIpc) is 2.62. The zero-order chi connectivity index (χ0) is 16.2. The Morgan fingerprint density at radius 3 is 2.22 bits per heavy atom. The molecule has 1 aromatic heterocycles. The first-order valence-electron chi connectivity index (χ1n) is 7.28. The SMILES string of the molecule is N#Cc1ccc(N2CCN(c3ccc([N+](=O)[O-])cn3)CC2)cc1. The van der Waals surface area contributed by atoms with E-state index in [2.05, 4.69) is 20.9 Å². The number of rotatable bonds is 3. The van der Waals surface area contributed by atoms with Gasteiger partial charge in [0.25, 0.3) is 5.69 Å². The van der Waals surface area contributed by atoms with Crippen molar-refractivity contribution in [2.75, 3.05) is 36.0 Å². The highest BCUT2D eigenvalue weighted by Crippen LogP contribution is 2.21. The summed E-state index contributed by atoms with van der Waals surface area (Å²) in [7, 11) is 0. The molecule has 1 aromatic carbocycles. The first-order valence-corrected chi connectivity index (χ1v) is 7.28. The summed E-state index contributed by atoms with van der Waals surface area (Å²) in [5.41, 5.74) is 1.76. The van der Waals surface area contributed by atoms with E-state index in [1.807, 2.05) is 24.3 Å². The molecule has 0 N–H and O–H groups in total. The molecule has 0 unspecified atom stereocenters. The Bertz CT molecular complexity index is 729. The minimum absolute atomic E-state index is 0.00460. The van der Waals surface area contributed by atoms with Crippen LogP contribution in [0.25, 0.3) is 0 Å². The molecule has 0 radical (unpaired) electrons. The zero-order valence-corrected chi connectivity index (χ0v) is 12.4. The highest BCUT2D eigenvalue weighted by Gasteiger charge is 2.19. The number of nitrogens with zero attached hydrogens (tertiary/aromatic N) is 5. The third kappa shape index (κ3) is 3.21. The van der Waals surface area contributed by atoms with Crippen molar-refractivity contribution in [3.8, 4) is 6.07 Å². The summed E-state index contributed by atoms with van der Waals surface area (Å²) in [6.07, 6.45) is 1.29. The summed E-state index contributed by atoms with van der Waals surface area (Å²) in [6, 6.07) is 12.8. The van der Waals surface area contributed by atoms with E-state index >= 15 is 0 Å². The summed E-state index contributed by atoms with van der Waals surface area (Å²) >= 11 is 0. The van der Waals surface area contributed by atoms with Crippen molar-refractivity contribution < 1.29 is 4.92 Å². The van der Waals surface area contributed by atoms with Crippen LogP contribution in [0.4, 0.5) is 17.2 Å². The molecule has 1 aliphatic heterocycles. The van der Waals surface area contributed by atoms with Gasteiger partial charge in [-0.1, -0.05) is 0 Å². The van der Waals surface area contributed by atoms with E-state index < -0.39 is 4.92 Å². The Balaban J connectivity index is 1.63. The van der Waals surface area contributed by atoms with E-state index in [1.54, 1.807) is 6.07 Å². The predicted molar refractivity (Wildman–Crippen MR) is 86.5 cm³/mol. The van der Waals surface area contributed by atoms with E-state index in [1.165, 1.54) is 12.3 Å². The van der Waals surface area contributed by atoms with Crippen LogP contribution < -0.4 is 9.80 Å². The van der Waals surface area contributed by atoms with Gasteiger partial charge in [0.15, 0.2) is 0 Å². The molecule has 0 saturated carbocycles. The molecule has 0 atom stereocenters. The Morgan fingerprint density at radius 2 is 1.70 bits per heavy atom. The van der Waals surface area contributed by atoms with Gasteiger partial charge in [0.2, 0.25) is 0 Å². The molecule has 7 heteroatoms. The molecule has 1 saturated heterocycles. The van der Waals surface area contributed by atoms with Crippen LogP contribution >= 0.6 is 0 Å². The van der Waals surface area contributed by atoms with Crippen LogP contribution in [0.2, 0.25) is 0 Å². The lowest BCUT2D eigenvalue weighted by atomic mass is 10.2. The second-order valence-corrected chi connectivity index (χ2v) is 5.26. The average molecular weight is 309 g/mol. The molecular weight excluding hydrogens is 294 g/mol. The smallest absolute Gasteiger partial charge is 0.287 e. The van der Waals surface area contributed by atoms with Crippen LogP contribution in [0.1, 0.15) is 5.56 Å². The standard InChI is InChI=1S/C16H15N5O2/c17-11-13-1-3-14(4-2-13)19-7-9-20(10-8-19)16-6-5-15(12-18-16)21(22)23/h1-6,12H,7-10H2. The topological polar surface area (TPSA) is 86.3 Å². The maximum absolute atomic E-state index is 10.7. The minimum Gasteiger partial charge on any atom is -0.368 e. The summed E-state index contributed by atoms with van der Waals surface area (Å²) in [5, 5.41) is 19.5. The van der Waals surface area contributed by atoms with E-state index in [9.17, 15) is 10.1 Å². The van der Waals surface area contributed by atoms with Crippen molar-refractivity contribution in [1.82, 2.24) is 4.98 Å². The molecule has 0 bridgehead atoms. The lowest BCUT2D eigenvalue weighted by Gasteiger charge is -2.36. The molecule has 0 amide bonds. The van der Waals surface area contributed by atoms with Gasteiger partial charge < -0.3 is 9.80 Å². The van der Waals surface area contributed by atoms with Crippen LogP contribution in [-0.2, 0) is 0 Å². The fourth-order valence-corrected chi connectivity index (χ4v) is 2.61. The third-order valence-electron chi connectivity index (χ3n) is 3.91. The van der Waals surface area contributed by atoms with Gasteiger partial charge in [0, 0.05) is 37.9 Å². The van der Waals surface area contributed by atoms with Gasteiger partial charge in [-0.25, -0.2) is 4.98 Å². The quantitative estimate of drug-likeness (QED) is 0.638. The molecule has 0 spiro atoms. The molecule has 7 nitrogen and oxygen atoms in total. The van der Waals surface area contributed by atoms with E-state index in [4.69, 9.17) is 5.26 Å². The van der Waals surface area contributed by atoms with Crippen molar-refractivity contribution in [2.24, 2.45) is 0 Å². The lowest BCUT2D eigenvalue weighted by Crippen LogP contribution is -2.46. The van der Waals surface area contributed by atoms with Crippen molar-refractivity contribution in [3.63, 3.8) is 0 Å². The molecular formula is C16H15N5O2. The second kappa shape index (κ2) is 6.32. The number of hydrogen-bond donors (Lipinski definition) is 0. The number of nitro groups is 1. The van der Waals surface area contributed by atoms with Crippen LogP contribution in [-0.4, -0.2) is 36.1 Å². The number of pyridine rings is 1. The van der Waals surface area contributed by atoms with Crippen molar-refractivity contribution in [1.29, 1.82) is 5.26 Å². The number of aromatic nitrogens is 1. The van der Waals surface area contributed by atoms with Gasteiger partial charge in [-0.05, 0) is 30.3 Å². The van der Waals surface area contributed by atoms with Gasteiger partial charge in [0.05, 0.1) is 16.6 Å². The Hall–Kier alpha value is -3.14. The second-order valence-electron chi connectivity index (χ2n) is 5.26. The van der Waals surface area contributed by atoms with Crippen LogP contribution in [0.5, 0.6) is 0 Å². The van der Waals surface area contributed by atoms with Crippen LogP contribution in [0.3, 0.4) is 0 Å². The number of piperazine rings is 1. The Labute approximate surface area is 133 Å². The van der Waals surface area contributed by atoms with E-state index in [0.717, 1.165) is 37.7 Å². The third-order valence-corrected chi connectivity index (χ3v) is 3.91. The number of nitriles is 1. The van der Waals surface area contributed by atoms with Crippen molar-refractivity contribution in [2.45, 2.75) is 0 Å². The zero-order valence-electron chi connectivity index (χ0n) is 12.4. The summed E-state index contributed by atoms with van der Waals surface area (Å²) in [6.45, 7) is 3.27. The first kappa shape index (κ1) is 14.8. The van der Waals surface area contributed by atoms with Crippen molar-refractivity contribution in [3.05, 3.63) is 58.3 Å². The van der Waals surface area contributed by atoms with Gasteiger partial charge >= 0.3 is 0 Å². The van der Waals surface area contributed by atoms with Gasteiger partial charge in [0.1, 0.15) is 12.0 Å². The highest BCUT2D eigenvalue weighted by molar-refractivity contribution is 5.52. The number of benzene rings is 1. The summed E-state index contributed by atoms with van der Waals surface area (Å²) < 4.78 is 0. The number of hydrogen-bond acceptors (Lipinski definition) is 6. The van der Waals surface area contributed by atoms with Crippen LogP contribution in [0, 0.1) is 21.4 Å². The Kier molecular flexibility index (Phi) is 4.06. The van der Waals surface area contributed by atoms with E-state index in [0.29, 0.717) is 5.56 Å². The fourth-order valence-electron chi connectivity index (χ4n) is 2.61. The number of anilines is 2. The molecule has 1 aliphatic rings. The maximum Gasteiger partial charge on any atom is 0.287 e. The molecule has 23 heavy (non-hydrogen) atoms. The molecule has 116 valence electrons. The van der Waals surface area contributed by atoms with Gasteiger partial charge in [-0.3, -0.25) is 10.1 Å². The van der Waals surface area contributed by atoms with E-state index in [-0.39, 0.29) is 5.69 Å². The first-order chi connectivity index (χ1) is 11.2. The molecule has 2 heterocycles. The van der Waals surface area contributed by atoms with Crippen LogP contribution in [0.15, 0.2) is 42.6 Å². The molecule has 2 aromatic rings. The molecule has 0 aliphatic carbocycles. The largest absolute Gasteiger partial charge is 0.368 e. The predicted octanol–water partition coefficient (Wildman–Crippen LogP) is 2.19. The molecule has 3 rings (SSSR count). The highest BCUT2D eigenvalue weighted by atomic mass is 16.6. The maximum atomic E-state index is 10.7. The minimum atomic E-state index is -0.445. The Morgan fingerprint density at radius 1 is 1.04 bits per heavy atom. The van der Waals surface area contributed by atoms with Gasteiger partial charge in [-0.2, -0.15) is 5.26 Å². The summed E-state index contributed by atoms with van der Waals surface area (Å²) in [5.74, 6) is 0.759. The molecule has 1 fully saturated rings. The van der Waals surface area contributed by atoms with Gasteiger partial charge in [-0.15, -0.1) is 0 Å². The monoisotopic (exact) mass is 309 g/mol. The van der Waals surface area contributed by atoms with Crippen molar-refractivity contribution >= 4 is 17.2 Å².